The van der Waals surface area contributed by atoms with Gasteiger partial charge in [-0.3, -0.25) is 0 Å². The number of hydrogen-bond acceptors (Lipinski definition) is 3. The molecule has 2 atom stereocenters. The lowest BCUT2D eigenvalue weighted by Crippen LogP contribution is -2.16. The lowest BCUT2D eigenvalue weighted by atomic mass is 10.2. The summed E-state index contributed by atoms with van der Waals surface area (Å²) in [6, 6.07) is 0. The summed E-state index contributed by atoms with van der Waals surface area (Å²) >= 11 is 0. The third-order valence-electron chi connectivity index (χ3n) is 1.51. The van der Waals surface area contributed by atoms with E-state index >= 15 is 0 Å². The SMILES string of the molecule is CCC(/C=C/CC(C)O[O-])O[O]. The van der Waals surface area contributed by atoms with Crippen LogP contribution in [-0.2, 0) is 15.0 Å². The fourth-order valence-corrected chi connectivity index (χ4v) is 0.697. The lowest BCUT2D eigenvalue weighted by Gasteiger charge is -2.13. The van der Waals surface area contributed by atoms with Gasteiger partial charge in [-0.25, -0.2) is 0 Å². The predicted molar refractivity (Wildman–Crippen MR) is 40.2 cm³/mol. The quantitative estimate of drug-likeness (QED) is 0.339. The summed E-state index contributed by atoms with van der Waals surface area (Å²) in [5.74, 6) is 0. The van der Waals surface area contributed by atoms with Crippen LogP contribution in [-0.4, -0.2) is 12.2 Å². The summed E-state index contributed by atoms with van der Waals surface area (Å²) in [6.45, 7) is 3.51. The minimum atomic E-state index is -0.399. The Morgan fingerprint density at radius 1 is 1.58 bits per heavy atom. The van der Waals surface area contributed by atoms with Crippen molar-refractivity contribution in [3.63, 3.8) is 0 Å². The van der Waals surface area contributed by atoms with Gasteiger partial charge < -0.3 is 10.1 Å². The van der Waals surface area contributed by atoms with Crippen LogP contribution in [0.2, 0.25) is 0 Å². The van der Waals surface area contributed by atoms with Crippen molar-refractivity contribution in [3.8, 4) is 0 Å². The summed E-state index contributed by atoms with van der Waals surface area (Å²) in [7, 11) is 0. The standard InChI is InChI=1S/C8H15O4/c1-3-8(12-10)6-4-5-7(2)11-9/h4,6-9H,3,5H2,1-2H3/p-1/b6-4+. The van der Waals surface area contributed by atoms with Gasteiger partial charge in [-0.05, 0) is 25.0 Å². The average Bonchev–Trinajstić information content (AvgIpc) is 2.12. The Bertz CT molecular complexity index is 120. The van der Waals surface area contributed by atoms with Gasteiger partial charge in [-0.1, -0.05) is 19.1 Å². The molecule has 0 aliphatic carbocycles. The Hall–Kier alpha value is -0.420. The second kappa shape index (κ2) is 7.24. The van der Waals surface area contributed by atoms with E-state index in [1.165, 1.54) is 0 Å². The summed E-state index contributed by atoms with van der Waals surface area (Å²) in [5.41, 5.74) is 0. The van der Waals surface area contributed by atoms with Gasteiger partial charge in [0.1, 0.15) is 6.10 Å². The van der Waals surface area contributed by atoms with Crippen LogP contribution in [0.25, 0.3) is 0 Å². The van der Waals surface area contributed by atoms with E-state index in [0.29, 0.717) is 12.8 Å². The molecule has 0 saturated carbocycles. The fourth-order valence-electron chi connectivity index (χ4n) is 0.697. The Morgan fingerprint density at radius 2 is 2.25 bits per heavy atom. The molecule has 0 heterocycles. The van der Waals surface area contributed by atoms with Crippen LogP contribution < -0.4 is 5.26 Å². The molecule has 71 valence electrons. The maximum absolute atomic E-state index is 9.96. The molecule has 0 aromatic carbocycles. The van der Waals surface area contributed by atoms with Gasteiger partial charge in [-0.15, -0.1) is 0 Å². The van der Waals surface area contributed by atoms with Crippen LogP contribution in [0.4, 0.5) is 0 Å². The fraction of sp³-hybridized carbons (Fsp3) is 0.750. The van der Waals surface area contributed by atoms with Crippen molar-refractivity contribution in [3.05, 3.63) is 12.2 Å². The monoisotopic (exact) mass is 174 g/mol. The van der Waals surface area contributed by atoms with Crippen molar-refractivity contribution in [1.29, 1.82) is 0 Å². The highest BCUT2D eigenvalue weighted by Crippen LogP contribution is 2.01. The molecule has 0 aliphatic heterocycles. The molecular weight excluding hydrogens is 160 g/mol. The maximum Gasteiger partial charge on any atom is 0.114 e. The first-order chi connectivity index (χ1) is 5.74. The maximum atomic E-state index is 9.96. The summed E-state index contributed by atoms with van der Waals surface area (Å²) in [6.07, 6.45) is 3.74. The highest BCUT2D eigenvalue weighted by atomic mass is 17.1. The summed E-state index contributed by atoms with van der Waals surface area (Å²) < 4.78 is 0. The smallest absolute Gasteiger partial charge is 0.114 e. The van der Waals surface area contributed by atoms with Crippen LogP contribution in [0, 0.1) is 0 Å². The Balaban J connectivity index is 3.58. The van der Waals surface area contributed by atoms with Crippen molar-refractivity contribution >= 4 is 0 Å². The molecule has 0 fully saturated rings. The van der Waals surface area contributed by atoms with Crippen LogP contribution >= 0.6 is 0 Å². The van der Waals surface area contributed by atoms with E-state index in [9.17, 15) is 10.5 Å². The molecule has 4 heteroatoms. The molecule has 0 rings (SSSR count). The average molecular weight is 174 g/mol. The molecule has 0 aliphatic rings. The van der Waals surface area contributed by atoms with Crippen molar-refractivity contribution in [1.82, 2.24) is 0 Å². The molecule has 1 radical (unpaired) electrons. The van der Waals surface area contributed by atoms with E-state index in [1.807, 2.05) is 6.92 Å². The van der Waals surface area contributed by atoms with Gasteiger partial charge in [0, 0.05) is 6.10 Å². The molecular formula is C8H14O4-. The van der Waals surface area contributed by atoms with E-state index in [-0.39, 0.29) is 6.10 Å². The molecule has 0 spiro atoms. The first-order valence-electron chi connectivity index (χ1n) is 3.98. The van der Waals surface area contributed by atoms with Crippen molar-refractivity contribution in [2.75, 3.05) is 0 Å². The second-order valence-corrected chi connectivity index (χ2v) is 2.61. The molecule has 4 nitrogen and oxygen atoms in total. The molecule has 0 N–H and O–H groups in total. The highest BCUT2D eigenvalue weighted by molar-refractivity contribution is 4.89. The van der Waals surface area contributed by atoms with Gasteiger partial charge in [0.15, 0.2) is 0 Å². The van der Waals surface area contributed by atoms with Crippen molar-refractivity contribution in [2.24, 2.45) is 0 Å². The van der Waals surface area contributed by atoms with E-state index in [2.05, 4.69) is 9.78 Å². The van der Waals surface area contributed by atoms with Gasteiger partial charge in [0.2, 0.25) is 0 Å². The zero-order valence-electron chi connectivity index (χ0n) is 7.36. The number of hydrogen-bond donors (Lipinski definition) is 0. The molecule has 0 aromatic rings. The first kappa shape index (κ1) is 11.6. The minimum Gasteiger partial charge on any atom is -0.723 e. The third kappa shape index (κ3) is 5.26. The largest absolute Gasteiger partial charge is 0.723 e. The second-order valence-electron chi connectivity index (χ2n) is 2.61. The third-order valence-corrected chi connectivity index (χ3v) is 1.51. The van der Waals surface area contributed by atoms with Crippen LogP contribution in [0.3, 0.4) is 0 Å². The topological polar surface area (TPSA) is 61.4 Å². The van der Waals surface area contributed by atoms with E-state index in [4.69, 9.17) is 0 Å². The van der Waals surface area contributed by atoms with Crippen molar-refractivity contribution in [2.45, 2.75) is 38.9 Å². The van der Waals surface area contributed by atoms with E-state index in [1.54, 1.807) is 19.1 Å². The molecule has 0 amide bonds. The summed E-state index contributed by atoms with van der Waals surface area (Å²) in [5, 5.41) is 19.8. The molecule has 0 saturated heterocycles. The van der Waals surface area contributed by atoms with Gasteiger partial charge in [0.25, 0.3) is 0 Å². The van der Waals surface area contributed by atoms with Gasteiger partial charge >= 0.3 is 0 Å². The van der Waals surface area contributed by atoms with E-state index in [0.717, 1.165) is 0 Å². The minimum absolute atomic E-state index is 0.356. The Kier molecular flexibility index (Phi) is 6.99. The predicted octanol–water partition coefficient (Wildman–Crippen LogP) is 0.754. The van der Waals surface area contributed by atoms with Gasteiger partial charge in [0.05, 0.1) is 0 Å². The molecule has 12 heavy (non-hydrogen) atoms. The lowest BCUT2D eigenvalue weighted by molar-refractivity contribution is -0.701. The van der Waals surface area contributed by atoms with E-state index < -0.39 is 6.10 Å². The summed E-state index contributed by atoms with van der Waals surface area (Å²) in [4.78, 5) is 7.64. The van der Waals surface area contributed by atoms with Crippen molar-refractivity contribution < 1.29 is 20.3 Å². The molecule has 0 aromatic heterocycles. The van der Waals surface area contributed by atoms with Crippen LogP contribution in [0.5, 0.6) is 0 Å². The normalized spacial score (nSPS) is 16.7. The zero-order chi connectivity index (χ0) is 9.40. The van der Waals surface area contributed by atoms with Gasteiger partial charge in [-0.2, -0.15) is 4.89 Å². The zero-order valence-corrected chi connectivity index (χ0v) is 7.36. The Labute approximate surface area is 72.3 Å². The van der Waals surface area contributed by atoms with Crippen LogP contribution in [0.15, 0.2) is 12.2 Å². The first-order valence-corrected chi connectivity index (χ1v) is 3.98. The number of rotatable bonds is 6. The van der Waals surface area contributed by atoms with Crippen LogP contribution in [0.1, 0.15) is 26.7 Å². The highest BCUT2D eigenvalue weighted by Gasteiger charge is 2.00. The molecule has 0 bridgehead atoms. The Morgan fingerprint density at radius 3 is 2.67 bits per heavy atom. The molecule has 2 unspecified atom stereocenters.